The molecular formula is C12H22N2O2S2. The van der Waals surface area contributed by atoms with Gasteiger partial charge < -0.3 is 5.32 Å². The van der Waals surface area contributed by atoms with E-state index in [0.717, 1.165) is 13.0 Å². The molecular weight excluding hydrogens is 268 g/mol. The van der Waals surface area contributed by atoms with Crippen LogP contribution in [-0.2, 0) is 16.4 Å². The number of sulfonamides is 1. The Hall–Kier alpha value is -0.430. The van der Waals surface area contributed by atoms with Gasteiger partial charge in [0.15, 0.2) is 0 Å². The van der Waals surface area contributed by atoms with Crippen LogP contribution in [0.2, 0.25) is 0 Å². The Kier molecular flexibility index (Phi) is 6.85. The van der Waals surface area contributed by atoms with Crippen LogP contribution in [0.1, 0.15) is 25.1 Å². The molecule has 0 aromatic carbocycles. The molecule has 0 atom stereocenters. The predicted molar refractivity (Wildman–Crippen MR) is 77.6 cm³/mol. The summed E-state index contributed by atoms with van der Waals surface area (Å²) in [5.74, 6) is 0.192. The van der Waals surface area contributed by atoms with E-state index < -0.39 is 10.0 Å². The SMILES string of the molecule is CC(C)NCCCS(=O)(=O)NCCc1cccs1. The predicted octanol–water partition coefficient (Wildman–Crippen LogP) is 1.60. The molecule has 0 saturated carbocycles. The monoisotopic (exact) mass is 290 g/mol. The normalized spacial score (nSPS) is 12.2. The Bertz CT molecular complexity index is 413. The van der Waals surface area contributed by atoms with Crippen molar-refractivity contribution in [1.29, 1.82) is 0 Å². The van der Waals surface area contributed by atoms with Gasteiger partial charge in [0.2, 0.25) is 10.0 Å². The first-order chi connectivity index (χ1) is 8.49. The van der Waals surface area contributed by atoms with Crippen LogP contribution in [0.5, 0.6) is 0 Å². The van der Waals surface area contributed by atoms with Crippen molar-refractivity contribution < 1.29 is 8.42 Å². The van der Waals surface area contributed by atoms with Crippen LogP contribution in [0.25, 0.3) is 0 Å². The van der Waals surface area contributed by atoms with E-state index in [1.54, 1.807) is 11.3 Å². The molecule has 18 heavy (non-hydrogen) atoms. The third-order valence-corrected chi connectivity index (χ3v) is 4.82. The number of nitrogens with one attached hydrogen (secondary N) is 2. The maximum absolute atomic E-state index is 11.7. The second kappa shape index (κ2) is 7.89. The van der Waals surface area contributed by atoms with Crippen LogP contribution in [0.3, 0.4) is 0 Å². The fraction of sp³-hybridized carbons (Fsp3) is 0.667. The van der Waals surface area contributed by atoms with Crippen LogP contribution < -0.4 is 10.0 Å². The van der Waals surface area contributed by atoms with Crippen molar-refractivity contribution >= 4 is 21.4 Å². The fourth-order valence-corrected chi connectivity index (χ4v) is 3.30. The average molecular weight is 290 g/mol. The van der Waals surface area contributed by atoms with Gasteiger partial charge in [-0.25, -0.2) is 13.1 Å². The molecule has 1 aromatic heterocycles. The Morgan fingerprint density at radius 3 is 2.72 bits per heavy atom. The lowest BCUT2D eigenvalue weighted by Gasteiger charge is -2.09. The molecule has 104 valence electrons. The number of hydrogen-bond donors (Lipinski definition) is 2. The van der Waals surface area contributed by atoms with Crippen LogP contribution >= 0.6 is 11.3 Å². The fourth-order valence-electron chi connectivity index (χ4n) is 1.51. The topological polar surface area (TPSA) is 58.2 Å². The zero-order valence-electron chi connectivity index (χ0n) is 11.0. The van der Waals surface area contributed by atoms with Crippen molar-refractivity contribution in [3.8, 4) is 0 Å². The van der Waals surface area contributed by atoms with Crippen LogP contribution in [0.4, 0.5) is 0 Å². The Balaban J connectivity index is 2.15. The molecule has 0 bridgehead atoms. The molecule has 0 aliphatic heterocycles. The van der Waals surface area contributed by atoms with Crippen LogP contribution in [0, 0.1) is 0 Å². The smallest absolute Gasteiger partial charge is 0.211 e. The van der Waals surface area contributed by atoms with Gasteiger partial charge in [0.25, 0.3) is 0 Å². The second-order valence-corrected chi connectivity index (χ2v) is 7.46. The number of rotatable bonds is 9. The highest BCUT2D eigenvalue weighted by atomic mass is 32.2. The minimum Gasteiger partial charge on any atom is -0.314 e. The zero-order valence-corrected chi connectivity index (χ0v) is 12.6. The molecule has 1 heterocycles. The van der Waals surface area contributed by atoms with Crippen molar-refractivity contribution in [2.45, 2.75) is 32.7 Å². The first-order valence-corrected chi connectivity index (χ1v) is 8.76. The summed E-state index contributed by atoms with van der Waals surface area (Å²) in [6.45, 7) is 5.32. The Morgan fingerprint density at radius 1 is 1.33 bits per heavy atom. The van der Waals surface area contributed by atoms with Gasteiger partial charge in [-0.1, -0.05) is 19.9 Å². The molecule has 0 aliphatic rings. The van der Waals surface area contributed by atoms with Gasteiger partial charge in [-0.3, -0.25) is 0 Å². The summed E-state index contributed by atoms with van der Waals surface area (Å²) in [5.41, 5.74) is 0. The largest absolute Gasteiger partial charge is 0.314 e. The van der Waals surface area contributed by atoms with E-state index in [1.165, 1.54) is 4.88 Å². The van der Waals surface area contributed by atoms with E-state index in [9.17, 15) is 8.42 Å². The van der Waals surface area contributed by atoms with Gasteiger partial charge in [-0.2, -0.15) is 0 Å². The average Bonchev–Trinajstić information content (AvgIpc) is 2.77. The summed E-state index contributed by atoms with van der Waals surface area (Å²) < 4.78 is 26.0. The third-order valence-electron chi connectivity index (χ3n) is 2.42. The Labute approximate surface area is 114 Å². The van der Waals surface area contributed by atoms with Crippen molar-refractivity contribution in [2.75, 3.05) is 18.8 Å². The Morgan fingerprint density at radius 2 is 2.11 bits per heavy atom. The van der Waals surface area contributed by atoms with E-state index in [1.807, 2.05) is 31.4 Å². The van der Waals surface area contributed by atoms with Crippen molar-refractivity contribution in [3.63, 3.8) is 0 Å². The summed E-state index contributed by atoms with van der Waals surface area (Å²) in [7, 11) is -3.12. The zero-order chi connectivity index (χ0) is 13.4. The van der Waals surface area contributed by atoms with Crippen LogP contribution in [-0.4, -0.2) is 33.3 Å². The molecule has 0 unspecified atom stereocenters. The summed E-state index contributed by atoms with van der Waals surface area (Å²) in [6.07, 6.45) is 1.41. The summed E-state index contributed by atoms with van der Waals surface area (Å²) in [6, 6.07) is 4.40. The molecule has 1 rings (SSSR count). The van der Waals surface area contributed by atoms with E-state index in [2.05, 4.69) is 10.0 Å². The first-order valence-electron chi connectivity index (χ1n) is 6.23. The van der Waals surface area contributed by atoms with Gasteiger partial charge in [0.1, 0.15) is 0 Å². The highest BCUT2D eigenvalue weighted by Crippen LogP contribution is 2.08. The standard InChI is InChI=1S/C12H22N2O2S2/c1-11(2)13-7-4-10-18(15,16)14-8-6-12-5-3-9-17-12/h3,5,9,11,13-14H,4,6-8,10H2,1-2H3. The molecule has 2 N–H and O–H groups in total. The lowest BCUT2D eigenvalue weighted by atomic mass is 10.3. The first kappa shape index (κ1) is 15.6. The summed E-state index contributed by atoms with van der Waals surface area (Å²) in [5, 5.41) is 5.21. The van der Waals surface area contributed by atoms with E-state index in [0.29, 0.717) is 19.0 Å². The number of hydrogen-bond acceptors (Lipinski definition) is 4. The van der Waals surface area contributed by atoms with Gasteiger partial charge in [0.05, 0.1) is 5.75 Å². The van der Waals surface area contributed by atoms with Crippen molar-refractivity contribution in [2.24, 2.45) is 0 Å². The minimum absolute atomic E-state index is 0.192. The molecule has 0 radical (unpaired) electrons. The molecule has 0 aliphatic carbocycles. The highest BCUT2D eigenvalue weighted by molar-refractivity contribution is 7.89. The summed E-state index contributed by atoms with van der Waals surface area (Å²) in [4.78, 5) is 1.21. The third kappa shape index (κ3) is 7.10. The van der Waals surface area contributed by atoms with Crippen molar-refractivity contribution in [3.05, 3.63) is 22.4 Å². The van der Waals surface area contributed by atoms with E-state index in [4.69, 9.17) is 0 Å². The van der Waals surface area contributed by atoms with Gasteiger partial charge in [-0.15, -0.1) is 11.3 Å². The maximum atomic E-state index is 11.7. The molecule has 4 nitrogen and oxygen atoms in total. The highest BCUT2D eigenvalue weighted by Gasteiger charge is 2.09. The van der Waals surface area contributed by atoms with Crippen molar-refractivity contribution in [1.82, 2.24) is 10.0 Å². The molecule has 0 saturated heterocycles. The van der Waals surface area contributed by atoms with Gasteiger partial charge in [-0.05, 0) is 30.8 Å². The lowest BCUT2D eigenvalue weighted by Crippen LogP contribution is -2.31. The second-order valence-electron chi connectivity index (χ2n) is 4.50. The number of thiophene rings is 1. The molecule has 0 amide bonds. The van der Waals surface area contributed by atoms with E-state index in [-0.39, 0.29) is 5.75 Å². The molecule has 1 aromatic rings. The minimum atomic E-state index is -3.12. The van der Waals surface area contributed by atoms with Gasteiger partial charge >= 0.3 is 0 Å². The quantitative estimate of drug-likeness (QED) is 0.679. The lowest BCUT2D eigenvalue weighted by molar-refractivity contribution is 0.561. The maximum Gasteiger partial charge on any atom is 0.211 e. The molecule has 0 fully saturated rings. The van der Waals surface area contributed by atoms with Gasteiger partial charge in [0, 0.05) is 17.5 Å². The molecule has 6 heteroatoms. The van der Waals surface area contributed by atoms with E-state index >= 15 is 0 Å². The molecule has 0 spiro atoms. The van der Waals surface area contributed by atoms with Crippen LogP contribution in [0.15, 0.2) is 17.5 Å². The summed E-state index contributed by atoms with van der Waals surface area (Å²) >= 11 is 1.65.